The van der Waals surface area contributed by atoms with E-state index in [9.17, 15) is 4.79 Å². The van der Waals surface area contributed by atoms with Gasteiger partial charge in [-0.25, -0.2) is 15.4 Å². The average Bonchev–Trinajstić information content (AvgIpc) is 2.52. The molecular formula is C14H21N5OS. The standard InChI is InChI=1S/C14H21N5OS/c1-11(2)17-18-13(20)9-21-14-8-12(15-10-16-14)19-6-4-3-5-7-19/h8,10H,3-7,9H2,1-2H3,(H,18,20). The van der Waals surface area contributed by atoms with E-state index in [1.165, 1.54) is 31.0 Å². The number of anilines is 1. The first-order valence-corrected chi connectivity index (χ1v) is 8.13. The number of rotatable bonds is 5. The lowest BCUT2D eigenvalue weighted by molar-refractivity contribution is -0.118. The summed E-state index contributed by atoms with van der Waals surface area (Å²) in [5, 5.41) is 4.71. The zero-order chi connectivity index (χ0) is 15.1. The molecule has 2 heterocycles. The molecule has 0 unspecified atom stereocenters. The fourth-order valence-electron chi connectivity index (χ4n) is 2.05. The Morgan fingerprint density at radius 1 is 1.33 bits per heavy atom. The Balaban J connectivity index is 1.88. The molecular weight excluding hydrogens is 286 g/mol. The van der Waals surface area contributed by atoms with E-state index in [0.717, 1.165) is 29.6 Å². The van der Waals surface area contributed by atoms with Crippen molar-refractivity contribution in [2.75, 3.05) is 23.7 Å². The molecule has 0 bridgehead atoms. The fraction of sp³-hybridized carbons (Fsp3) is 0.571. The molecule has 1 aromatic heterocycles. The number of nitrogens with one attached hydrogen (secondary N) is 1. The van der Waals surface area contributed by atoms with Gasteiger partial charge in [0, 0.05) is 24.9 Å². The average molecular weight is 307 g/mol. The van der Waals surface area contributed by atoms with Crippen molar-refractivity contribution >= 4 is 29.2 Å². The predicted molar refractivity (Wildman–Crippen MR) is 85.7 cm³/mol. The number of hydrogen-bond donors (Lipinski definition) is 1. The van der Waals surface area contributed by atoms with Crippen LogP contribution in [0.25, 0.3) is 0 Å². The number of aromatic nitrogens is 2. The molecule has 0 spiro atoms. The van der Waals surface area contributed by atoms with Gasteiger partial charge in [-0.3, -0.25) is 4.79 Å². The Morgan fingerprint density at radius 2 is 2.10 bits per heavy atom. The number of amides is 1. The van der Waals surface area contributed by atoms with Gasteiger partial charge < -0.3 is 4.90 Å². The molecule has 1 aliphatic heterocycles. The van der Waals surface area contributed by atoms with Gasteiger partial charge in [0.05, 0.1) is 5.75 Å². The maximum absolute atomic E-state index is 11.6. The lowest BCUT2D eigenvalue weighted by Gasteiger charge is -2.27. The third-order valence-corrected chi connectivity index (χ3v) is 3.99. The summed E-state index contributed by atoms with van der Waals surface area (Å²) < 4.78 is 0. The normalized spacial score (nSPS) is 14.7. The lowest BCUT2D eigenvalue weighted by Crippen LogP contribution is -2.30. The fourth-order valence-corrected chi connectivity index (χ4v) is 2.70. The van der Waals surface area contributed by atoms with E-state index in [0.29, 0.717) is 5.75 Å². The monoisotopic (exact) mass is 307 g/mol. The minimum absolute atomic E-state index is 0.126. The molecule has 1 aromatic rings. The van der Waals surface area contributed by atoms with Crippen LogP contribution in [0, 0.1) is 0 Å². The molecule has 0 aromatic carbocycles. The van der Waals surface area contributed by atoms with Crippen molar-refractivity contribution in [3.8, 4) is 0 Å². The topological polar surface area (TPSA) is 70.5 Å². The molecule has 1 saturated heterocycles. The van der Waals surface area contributed by atoms with Crippen LogP contribution in [0.3, 0.4) is 0 Å². The lowest BCUT2D eigenvalue weighted by atomic mass is 10.1. The summed E-state index contributed by atoms with van der Waals surface area (Å²) >= 11 is 1.40. The SMILES string of the molecule is CC(C)=NNC(=O)CSc1cc(N2CCCCC2)ncn1. The molecule has 0 atom stereocenters. The molecule has 2 rings (SSSR count). The Hall–Kier alpha value is -1.63. The van der Waals surface area contributed by atoms with Crippen LogP contribution in [-0.4, -0.2) is 40.4 Å². The van der Waals surface area contributed by atoms with E-state index in [4.69, 9.17) is 0 Å². The quantitative estimate of drug-likeness (QED) is 0.390. The van der Waals surface area contributed by atoms with Gasteiger partial charge in [-0.05, 0) is 33.1 Å². The van der Waals surface area contributed by atoms with Gasteiger partial charge in [0.2, 0.25) is 5.91 Å². The zero-order valence-electron chi connectivity index (χ0n) is 12.5. The number of carbonyl (C=O) groups is 1. The minimum Gasteiger partial charge on any atom is -0.356 e. The highest BCUT2D eigenvalue weighted by Gasteiger charge is 2.13. The van der Waals surface area contributed by atoms with Gasteiger partial charge in [0.1, 0.15) is 17.2 Å². The summed E-state index contributed by atoms with van der Waals surface area (Å²) in [6.45, 7) is 5.77. The number of thioether (sulfide) groups is 1. The van der Waals surface area contributed by atoms with Crippen LogP contribution >= 0.6 is 11.8 Å². The van der Waals surface area contributed by atoms with Gasteiger partial charge in [-0.15, -0.1) is 0 Å². The summed E-state index contributed by atoms with van der Waals surface area (Å²) in [6, 6.07) is 1.96. The first kappa shape index (κ1) is 15.8. The Labute approximate surface area is 129 Å². The van der Waals surface area contributed by atoms with Gasteiger partial charge in [0.25, 0.3) is 0 Å². The summed E-state index contributed by atoms with van der Waals surface area (Å²) in [4.78, 5) is 22.4. The third kappa shape index (κ3) is 5.34. The number of hydrogen-bond acceptors (Lipinski definition) is 6. The van der Waals surface area contributed by atoms with Crippen LogP contribution in [0.5, 0.6) is 0 Å². The van der Waals surface area contributed by atoms with E-state index in [2.05, 4.69) is 25.4 Å². The molecule has 7 heteroatoms. The zero-order valence-corrected chi connectivity index (χ0v) is 13.3. The van der Waals surface area contributed by atoms with Crippen molar-refractivity contribution < 1.29 is 4.79 Å². The van der Waals surface area contributed by atoms with Gasteiger partial charge in [0.15, 0.2) is 0 Å². The second kappa shape index (κ2) is 7.97. The largest absolute Gasteiger partial charge is 0.356 e. The molecule has 0 aliphatic carbocycles. The second-order valence-corrected chi connectivity index (χ2v) is 6.14. The third-order valence-electron chi connectivity index (χ3n) is 3.06. The number of nitrogens with zero attached hydrogens (tertiary/aromatic N) is 4. The summed E-state index contributed by atoms with van der Waals surface area (Å²) in [6.07, 6.45) is 5.28. The summed E-state index contributed by atoms with van der Waals surface area (Å²) in [5.74, 6) is 1.13. The highest BCUT2D eigenvalue weighted by molar-refractivity contribution is 7.99. The molecule has 0 radical (unpaired) electrons. The van der Waals surface area contributed by atoms with Crippen LogP contribution in [0.2, 0.25) is 0 Å². The first-order chi connectivity index (χ1) is 10.1. The molecule has 1 N–H and O–H groups in total. The number of piperidine rings is 1. The molecule has 6 nitrogen and oxygen atoms in total. The van der Waals surface area contributed by atoms with Crippen LogP contribution in [0.1, 0.15) is 33.1 Å². The van der Waals surface area contributed by atoms with Crippen molar-refractivity contribution in [3.05, 3.63) is 12.4 Å². The van der Waals surface area contributed by atoms with Crippen molar-refractivity contribution in [3.63, 3.8) is 0 Å². The van der Waals surface area contributed by atoms with Crippen LogP contribution in [0.15, 0.2) is 22.5 Å². The van der Waals surface area contributed by atoms with Crippen molar-refractivity contribution in [1.29, 1.82) is 0 Å². The molecule has 1 fully saturated rings. The number of hydrazone groups is 1. The van der Waals surface area contributed by atoms with Gasteiger partial charge in [-0.2, -0.15) is 5.10 Å². The number of carbonyl (C=O) groups excluding carboxylic acids is 1. The van der Waals surface area contributed by atoms with E-state index in [1.54, 1.807) is 6.33 Å². The minimum atomic E-state index is -0.126. The van der Waals surface area contributed by atoms with E-state index in [-0.39, 0.29) is 5.91 Å². The van der Waals surface area contributed by atoms with Crippen molar-refractivity contribution in [1.82, 2.24) is 15.4 Å². The second-order valence-electron chi connectivity index (χ2n) is 5.14. The maximum atomic E-state index is 11.6. The van der Waals surface area contributed by atoms with Crippen LogP contribution in [-0.2, 0) is 4.79 Å². The van der Waals surface area contributed by atoms with Crippen LogP contribution in [0.4, 0.5) is 5.82 Å². The van der Waals surface area contributed by atoms with Crippen molar-refractivity contribution in [2.45, 2.75) is 38.1 Å². The summed E-state index contributed by atoms with van der Waals surface area (Å²) in [7, 11) is 0. The van der Waals surface area contributed by atoms with Crippen LogP contribution < -0.4 is 10.3 Å². The Kier molecular flexibility index (Phi) is 5.98. The summed E-state index contributed by atoms with van der Waals surface area (Å²) in [5.41, 5.74) is 3.33. The Morgan fingerprint density at radius 3 is 2.81 bits per heavy atom. The van der Waals surface area contributed by atoms with Gasteiger partial charge >= 0.3 is 0 Å². The molecule has 1 amide bonds. The van der Waals surface area contributed by atoms with Crippen molar-refractivity contribution in [2.24, 2.45) is 5.10 Å². The first-order valence-electron chi connectivity index (χ1n) is 7.14. The van der Waals surface area contributed by atoms with Gasteiger partial charge in [-0.1, -0.05) is 11.8 Å². The molecule has 0 saturated carbocycles. The van der Waals surface area contributed by atoms with E-state index in [1.807, 2.05) is 19.9 Å². The predicted octanol–water partition coefficient (Wildman–Crippen LogP) is 2.07. The highest BCUT2D eigenvalue weighted by Crippen LogP contribution is 2.22. The van der Waals surface area contributed by atoms with E-state index >= 15 is 0 Å². The maximum Gasteiger partial charge on any atom is 0.250 e. The Bertz CT molecular complexity index is 510. The molecule has 21 heavy (non-hydrogen) atoms. The smallest absolute Gasteiger partial charge is 0.250 e. The highest BCUT2D eigenvalue weighted by atomic mass is 32.2. The molecule has 114 valence electrons. The molecule has 1 aliphatic rings. The van der Waals surface area contributed by atoms with E-state index < -0.39 is 0 Å².